The molecule has 0 bridgehead atoms. The van der Waals surface area contributed by atoms with Crippen molar-refractivity contribution in [3.05, 3.63) is 59.2 Å². The number of carbonyl (C=O) groups excluding carboxylic acids is 1. The number of benzene rings is 2. The zero-order chi connectivity index (χ0) is 19.2. The Bertz CT molecular complexity index is 983. The predicted molar refractivity (Wildman–Crippen MR) is 101 cm³/mol. The summed E-state index contributed by atoms with van der Waals surface area (Å²) in [4.78, 5) is 13.0. The fourth-order valence-electron chi connectivity index (χ4n) is 3.96. The number of sulfonamides is 1. The standard InChI is InChI=1S/C20H22N2O4S/c1-13-6-5-7-14(2)19(13)20(23)21-15-10-16-12-26-17-8-3-4-9-18(17)27(24,25)22(16)11-15/h3-9,15-16H,10-12H2,1-2H3,(H,21,23)/t15-,16-/m0/s1. The van der Waals surface area contributed by atoms with Crippen molar-refractivity contribution in [1.29, 1.82) is 0 Å². The van der Waals surface area contributed by atoms with E-state index in [0.29, 0.717) is 17.7 Å². The molecule has 0 aromatic heterocycles. The molecule has 1 amide bonds. The first-order chi connectivity index (χ1) is 12.9. The number of ether oxygens (including phenoxy) is 1. The van der Waals surface area contributed by atoms with Gasteiger partial charge in [-0.25, -0.2) is 8.42 Å². The fraction of sp³-hybridized carbons (Fsp3) is 0.350. The van der Waals surface area contributed by atoms with Gasteiger partial charge >= 0.3 is 0 Å². The number of rotatable bonds is 2. The number of hydrogen-bond donors (Lipinski definition) is 1. The van der Waals surface area contributed by atoms with Crippen LogP contribution in [0.25, 0.3) is 0 Å². The molecule has 7 heteroatoms. The minimum atomic E-state index is -3.65. The molecular formula is C20H22N2O4S. The highest BCUT2D eigenvalue weighted by atomic mass is 32.2. The van der Waals surface area contributed by atoms with Crippen molar-refractivity contribution in [2.75, 3.05) is 13.2 Å². The molecule has 1 N–H and O–H groups in total. The molecule has 1 saturated heterocycles. The molecule has 0 unspecified atom stereocenters. The highest BCUT2D eigenvalue weighted by molar-refractivity contribution is 7.89. The van der Waals surface area contributed by atoms with Crippen LogP contribution in [0, 0.1) is 13.8 Å². The second kappa shape index (κ2) is 6.65. The Morgan fingerprint density at radius 1 is 1.11 bits per heavy atom. The van der Waals surface area contributed by atoms with Gasteiger partial charge in [0.15, 0.2) is 0 Å². The van der Waals surface area contributed by atoms with Gasteiger partial charge < -0.3 is 10.1 Å². The Kier molecular flexibility index (Phi) is 4.44. The van der Waals surface area contributed by atoms with E-state index in [2.05, 4.69) is 5.32 Å². The zero-order valence-corrected chi connectivity index (χ0v) is 16.1. The lowest BCUT2D eigenvalue weighted by Gasteiger charge is -2.19. The molecule has 2 aromatic carbocycles. The van der Waals surface area contributed by atoms with Gasteiger partial charge in [0, 0.05) is 18.2 Å². The molecular weight excluding hydrogens is 364 g/mol. The summed E-state index contributed by atoms with van der Waals surface area (Å²) in [5, 5.41) is 3.01. The Balaban J connectivity index is 1.56. The fourth-order valence-corrected chi connectivity index (χ4v) is 5.76. The van der Waals surface area contributed by atoms with Gasteiger partial charge in [-0.1, -0.05) is 30.3 Å². The van der Waals surface area contributed by atoms with Crippen LogP contribution in [0.5, 0.6) is 5.75 Å². The van der Waals surface area contributed by atoms with E-state index in [9.17, 15) is 13.2 Å². The van der Waals surface area contributed by atoms with Crippen LogP contribution >= 0.6 is 0 Å². The molecule has 2 atom stereocenters. The van der Waals surface area contributed by atoms with E-state index in [1.807, 2.05) is 32.0 Å². The molecule has 142 valence electrons. The maximum atomic E-state index is 13.0. The smallest absolute Gasteiger partial charge is 0.252 e. The molecule has 4 rings (SSSR count). The third-order valence-corrected chi connectivity index (χ3v) is 7.23. The van der Waals surface area contributed by atoms with Crippen LogP contribution in [-0.2, 0) is 10.0 Å². The molecule has 2 aliphatic rings. The van der Waals surface area contributed by atoms with Crippen molar-refractivity contribution in [2.24, 2.45) is 0 Å². The Hall–Kier alpha value is -2.38. The lowest BCUT2D eigenvalue weighted by Crippen LogP contribution is -2.39. The van der Waals surface area contributed by atoms with Gasteiger partial charge in [0.25, 0.3) is 5.91 Å². The third kappa shape index (κ3) is 3.11. The van der Waals surface area contributed by atoms with Gasteiger partial charge in [-0.2, -0.15) is 4.31 Å². The molecule has 6 nitrogen and oxygen atoms in total. The van der Waals surface area contributed by atoms with Crippen molar-refractivity contribution in [1.82, 2.24) is 9.62 Å². The first-order valence-corrected chi connectivity index (χ1v) is 10.4. The monoisotopic (exact) mass is 386 g/mol. The number of fused-ring (bicyclic) bond motifs is 2. The lowest BCUT2D eigenvalue weighted by molar-refractivity contribution is 0.0937. The molecule has 0 aliphatic carbocycles. The first kappa shape index (κ1) is 18.0. The van der Waals surface area contributed by atoms with Crippen molar-refractivity contribution >= 4 is 15.9 Å². The number of para-hydroxylation sites is 1. The summed E-state index contributed by atoms with van der Waals surface area (Å²) >= 11 is 0. The second-order valence-electron chi connectivity index (χ2n) is 7.16. The first-order valence-electron chi connectivity index (χ1n) is 8.98. The zero-order valence-electron chi connectivity index (χ0n) is 15.3. The number of carbonyl (C=O) groups is 1. The van der Waals surface area contributed by atoms with E-state index >= 15 is 0 Å². The van der Waals surface area contributed by atoms with E-state index in [0.717, 1.165) is 11.1 Å². The van der Waals surface area contributed by atoms with Crippen LogP contribution in [-0.4, -0.2) is 43.9 Å². The van der Waals surface area contributed by atoms with Crippen LogP contribution in [0.1, 0.15) is 27.9 Å². The van der Waals surface area contributed by atoms with Crippen LogP contribution in [0.2, 0.25) is 0 Å². The Morgan fingerprint density at radius 2 is 1.81 bits per heavy atom. The summed E-state index contributed by atoms with van der Waals surface area (Å²) in [5.41, 5.74) is 2.47. The maximum Gasteiger partial charge on any atom is 0.252 e. The normalized spacial score (nSPS) is 23.6. The maximum absolute atomic E-state index is 13.0. The number of nitrogens with one attached hydrogen (secondary N) is 1. The van der Waals surface area contributed by atoms with Crippen molar-refractivity contribution in [3.8, 4) is 5.75 Å². The summed E-state index contributed by atoms with van der Waals surface area (Å²) in [5.74, 6) is 0.231. The summed E-state index contributed by atoms with van der Waals surface area (Å²) in [6, 6.07) is 11.9. The van der Waals surface area contributed by atoms with E-state index in [1.165, 1.54) is 4.31 Å². The van der Waals surface area contributed by atoms with Gasteiger partial charge in [-0.05, 0) is 43.5 Å². The van der Waals surface area contributed by atoms with E-state index in [4.69, 9.17) is 4.74 Å². The second-order valence-corrected chi connectivity index (χ2v) is 9.02. The van der Waals surface area contributed by atoms with E-state index in [1.54, 1.807) is 24.3 Å². The van der Waals surface area contributed by atoms with Crippen LogP contribution in [0.15, 0.2) is 47.4 Å². The van der Waals surface area contributed by atoms with Crippen molar-refractivity contribution < 1.29 is 17.9 Å². The summed E-state index contributed by atoms with van der Waals surface area (Å²) in [6.45, 7) is 4.34. The van der Waals surface area contributed by atoms with Crippen molar-refractivity contribution in [2.45, 2.75) is 37.2 Å². The number of amides is 1. The third-order valence-electron chi connectivity index (χ3n) is 5.27. The highest BCUT2D eigenvalue weighted by Gasteiger charge is 2.44. The molecule has 0 radical (unpaired) electrons. The van der Waals surface area contributed by atoms with Gasteiger partial charge in [-0.3, -0.25) is 4.79 Å². The molecule has 0 saturated carbocycles. The Morgan fingerprint density at radius 3 is 2.56 bits per heavy atom. The average molecular weight is 386 g/mol. The topological polar surface area (TPSA) is 75.7 Å². The highest BCUT2D eigenvalue weighted by Crippen LogP contribution is 2.35. The van der Waals surface area contributed by atoms with Crippen LogP contribution < -0.4 is 10.1 Å². The number of hydrogen-bond acceptors (Lipinski definition) is 4. The molecule has 1 fully saturated rings. The SMILES string of the molecule is Cc1cccc(C)c1C(=O)N[C@H]1C[C@H]2COc3ccccc3S(=O)(=O)N2C1. The van der Waals surface area contributed by atoms with Gasteiger partial charge in [0.05, 0.1) is 6.04 Å². The van der Waals surface area contributed by atoms with Crippen LogP contribution in [0.4, 0.5) is 0 Å². The average Bonchev–Trinajstić information content (AvgIpc) is 2.99. The molecule has 0 spiro atoms. The van der Waals surface area contributed by atoms with Gasteiger partial charge in [0.1, 0.15) is 17.3 Å². The summed E-state index contributed by atoms with van der Waals surface area (Å²) < 4.78 is 33.3. The molecule has 2 heterocycles. The molecule has 2 aliphatic heterocycles. The molecule has 27 heavy (non-hydrogen) atoms. The quantitative estimate of drug-likeness (QED) is 0.859. The number of aryl methyl sites for hydroxylation is 2. The van der Waals surface area contributed by atoms with Gasteiger partial charge in [0.2, 0.25) is 10.0 Å². The number of nitrogens with zero attached hydrogens (tertiary/aromatic N) is 1. The minimum Gasteiger partial charge on any atom is -0.490 e. The Labute approximate surface area is 159 Å². The van der Waals surface area contributed by atoms with Crippen LogP contribution in [0.3, 0.4) is 0 Å². The largest absolute Gasteiger partial charge is 0.490 e. The minimum absolute atomic E-state index is 0.160. The predicted octanol–water partition coefficient (Wildman–Crippen LogP) is 2.26. The van der Waals surface area contributed by atoms with Gasteiger partial charge in [-0.15, -0.1) is 0 Å². The van der Waals surface area contributed by atoms with Crippen molar-refractivity contribution in [3.63, 3.8) is 0 Å². The van der Waals surface area contributed by atoms with E-state index in [-0.39, 0.29) is 36.0 Å². The summed E-state index contributed by atoms with van der Waals surface area (Å²) in [6.07, 6.45) is 0.532. The lowest BCUT2D eigenvalue weighted by atomic mass is 10.0. The van der Waals surface area contributed by atoms with E-state index < -0.39 is 10.0 Å². The summed E-state index contributed by atoms with van der Waals surface area (Å²) in [7, 11) is -3.65. The molecule has 2 aromatic rings.